The van der Waals surface area contributed by atoms with E-state index in [1.165, 1.54) is 12.1 Å². The number of benzene rings is 2. The molecule has 0 amide bonds. The Labute approximate surface area is 172 Å². The Kier molecular flexibility index (Phi) is 4.93. The van der Waals surface area contributed by atoms with E-state index in [1.54, 1.807) is 30.5 Å². The number of hydrogen-bond donors (Lipinski definition) is 1. The maximum atomic E-state index is 13.4. The van der Waals surface area contributed by atoms with Crippen molar-refractivity contribution in [3.05, 3.63) is 77.7 Å². The largest absolute Gasteiger partial charge is 0.454 e. The van der Waals surface area contributed by atoms with E-state index in [-0.39, 0.29) is 11.7 Å². The Balaban J connectivity index is 1.45. The molecule has 1 unspecified atom stereocenters. The molecule has 4 aromatic rings. The van der Waals surface area contributed by atoms with Gasteiger partial charge in [0, 0.05) is 36.2 Å². The van der Waals surface area contributed by atoms with E-state index in [0.29, 0.717) is 18.8 Å². The number of carbonyl (C=O) groups excluding carboxylic acids is 1. The van der Waals surface area contributed by atoms with Crippen LogP contribution in [-0.2, 0) is 9.47 Å². The molecule has 1 N–H and O–H groups in total. The summed E-state index contributed by atoms with van der Waals surface area (Å²) >= 11 is 0. The van der Waals surface area contributed by atoms with Crippen LogP contribution in [0.4, 0.5) is 4.39 Å². The summed E-state index contributed by atoms with van der Waals surface area (Å²) in [4.78, 5) is 20.7. The van der Waals surface area contributed by atoms with Crippen LogP contribution in [-0.4, -0.2) is 29.2 Å². The van der Waals surface area contributed by atoms with Gasteiger partial charge >= 0.3 is 5.97 Å². The van der Waals surface area contributed by atoms with E-state index >= 15 is 0 Å². The Hall–Kier alpha value is -3.25. The highest BCUT2D eigenvalue weighted by Gasteiger charge is 2.29. The number of esters is 1. The van der Waals surface area contributed by atoms with Crippen molar-refractivity contribution in [1.29, 1.82) is 0 Å². The van der Waals surface area contributed by atoms with Crippen LogP contribution in [0.15, 0.2) is 60.8 Å². The lowest BCUT2D eigenvalue weighted by Gasteiger charge is -2.30. The smallest absolute Gasteiger partial charge is 0.338 e. The quantitative estimate of drug-likeness (QED) is 0.476. The standard InChI is InChI=1S/C24H21FN2O3/c25-18-6-3-15(4-7-18)23(16-9-12-29-13-10-16)30-24(28)17-5-8-19-21(14-17)27-20-2-1-11-26-22(19)20/h1-8,11,14,16,23,27H,9-10,12-13H2. The number of aromatic amines is 1. The van der Waals surface area contributed by atoms with Gasteiger partial charge in [0.2, 0.25) is 0 Å². The number of fused-ring (bicyclic) bond motifs is 3. The summed E-state index contributed by atoms with van der Waals surface area (Å²) in [7, 11) is 0. The number of aromatic nitrogens is 2. The van der Waals surface area contributed by atoms with Crippen molar-refractivity contribution in [2.24, 2.45) is 5.92 Å². The van der Waals surface area contributed by atoms with Gasteiger partial charge in [0.15, 0.2) is 0 Å². The number of carbonyl (C=O) groups is 1. The van der Waals surface area contributed by atoms with E-state index in [2.05, 4.69) is 9.97 Å². The number of nitrogens with one attached hydrogen (secondary N) is 1. The molecule has 1 saturated heterocycles. The van der Waals surface area contributed by atoms with Gasteiger partial charge in [0.05, 0.1) is 16.6 Å². The molecule has 3 heterocycles. The molecule has 5 nitrogen and oxygen atoms in total. The Morgan fingerprint density at radius 2 is 1.90 bits per heavy atom. The van der Waals surface area contributed by atoms with Crippen LogP contribution >= 0.6 is 0 Å². The average molecular weight is 404 g/mol. The minimum absolute atomic E-state index is 0.133. The third-order valence-corrected chi connectivity index (χ3v) is 5.71. The minimum Gasteiger partial charge on any atom is -0.454 e. The molecule has 1 aliphatic heterocycles. The second-order valence-electron chi connectivity index (χ2n) is 7.61. The second kappa shape index (κ2) is 7.88. The zero-order chi connectivity index (χ0) is 20.5. The molecule has 5 rings (SSSR count). The van der Waals surface area contributed by atoms with Crippen LogP contribution < -0.4 is 0 Å². The summed E-state index contributed by atoms with van der Waals surface area (Å²) in [6.07, 6.45) is 2.89. The zero-order valence-electron chi connectivity index (χ0n) is 16.3. The lowest BCUT2D eigenvalue weighted by molar-refractivity contribution is -0.0194. The maximum Gasteiger partial charge on any atom is 0.338 e. The number of hydrogen-bond acceptors (Lipinski definition) is 4. The van der Waals surface area contributed by atoms with Crippen LogP contribution in [0, 0.1) is 11.7 Å². The average Bonchev–Trinajstić information content (AvgIpc) is 3.16. The summed E-state index contributed by atoms with van der Waals surface area (Å²) in [6, 6.07) is 15.5. The molecule has 0 saturated carbocycles. The van der Waals surface area contributed by atoms with Gasteiger partial charge in [0.25, 0.3) is 0 Å². The first-order chi connectivity index (χ1) is 14.7. The van der Waals surface area contributed by atoms with Crippen molar-refractivity contribution in [3.8, 4) is 0 Å². The van der Waals surface area contributed by atoms with Gasteiger partial charge in [-0.1, -0.05) is 12.1 Å². The fourth-order valence-corrected chi connectivity index (χ4v) is 4.14. The molecule has 0 radical (unpaired) electrons. The highest BCUT2D eigenvalue weighted by Crippen LogP contribution is 2.34. The third-order valence-electron chi connectivity index (χ3n) is 5.71. The van der Waals surface area contributed by atoms with E-state index in [4.69, 9.17) is 9.47 Å². The van der Waals surface area contributed by atoms with Crippen LogP contribution in [0.2, 0.25) is 0 Å². The van der Waals surface area contributed by atoms with E-state index in [9.17, 15) is 9.18 Å². The highest BCUT2D eigenvalue weighted by molar-refractivity contribution is 6.06. The Morgan fingerprint density at radius 3 is 2.70 bits per heavy atom. The van der Waals surface area contributed by atoms with Crippen molar-refractivity contribution < 1.29 is 18.7 Å². The molecule has 1 atom stereocenters. The fourth-order valence-electron chi connectivity index (χ4n) is 4.14. The normalized spacial score (nSPS) is 16.0. The summed E-state index contributed by atoms with van der Waals surface area (Å²) in [5, 5.41) is 0.960. The zero-order valence-corrected chi connectivity index (χ0v) is 16.3. The molecule has 0 aliphatic carbocycles. The maximum absolute atomic E-state index is 13.4. The van der Waals surface area contributed by atoms with Gasteiger partial charge < -0.3 is 14.5 Å². The monoisotopic (exact) mass is 404 g/mol. The molecular weight excluding hydrogens is 383 g/mol. The number of pyridine rings is 1. The SMILES string of the molecule is O=C(OC(c1ccc(F)cc1)C1CCOCC1)c1ccc2c(c1)[nH]c1cccnc12. The molecule has 0 spiro atoms. The van der Waals surface area contributed by atoms with Crippen molar-refractivity contribution >= 4 is 27.9 Å². The second-order valence-corrected chi connectivity index (χ2v) is 7.61. The first-order valence-electron chi connectivity index (χ1n) is 10.1. The molecule has 1 aliphatic rings. The Morgan fingerprint density at radius 1 is 1.10 bits per heavy atom. The van der Waals surface area contributed by atoms with Crippen molar-refractivity contribution in [2.45, 2.75) is 18.9 Å². The molecule has 2 aromatic carbocycles. The van der Waals surface area contributed by atoms with Crippen molar-refractivity contribution in [1.82, 2.24) is 9.97 Å². The first kappa shape index (κ1) is 18.8. The van der Waals surface area contributed by atoms with Crippen molar-refractivity contribution in [3.63, 3.8) is 0 Å². The highest BCUT2D eigenvalue weighted by atomic mass is 19.1. The van der Waals surface area contributed by atoms with Gasteiger partial charge in [0.1, 0.15) is 11.9 Å². The summed E-state index contributed by atoms with van der Waals surface area (Å²) in [6.45, 7) is 1.27. The van der Waals surface area contributed by atoms with Crippen molar-refractivity contribution in [2.75, 3.05) is 13.2 Å². The van der Waals surface area contributed by atoms with Crippen LogP contribution in [0.25, 0.3) is 21.9 Å². The predicted molar refractivity (Wildman–Crippen MR) is 112 cm³/mol. The fraction of sp³-hybridized carbons (Fsp3) is 0.250. The lowest BCUT2D eigenvalue weighted by Crippen LogP contribution is -2.26. The Bertz CT molecular complexity index is 1200. The summed E-state index contributed by atoms with van der Waals surface area (Å²) < 4.78 is 24.9. The summed E-state index contributed by atoms with van der Waals surface area (Å²) in [5.41, 5.74) is 3.89. The molecule has 30 heavy (non-hydrogen) atoms. The predicted octanol–water partition coefficient (Wildman–Crippen LogP) is 5.18. The number of H-pyrrole nitrogens is 1. The van der Waals surface area contributed by atoms with Crippen LogP contribution in [0.3, 0.4) is 0 Å². The molecular formula is C24H21FN2O3. The lowest BCUT2D eigenvalue weighted by atomic mass is 9.89. The van der Waals surface area contributed by atoms with Crippen LogP contribution in [0.1, 0.15) is 34.9 Å². The van der Waals surface area contributed by atoms with E-state index in [0.717, 1.165) is 40.3 Å². The van der Waals surface area contributed by atoms with Gasteiger partial charge in [-0.25, -0.2) is 9.18 Å². The van der Waals surface area contributed by atoms with Gasteiger partial charge in [-0.2, -0.15) is 0 Å². The number of ether oxygens (including phenoxy) is 2. The minimum atomic E-state index is -0.443. The van der Waals surface area contributed by atoms with Crippen LogP contribution in [0.5, 0.6) is 0 Å². The molecule has 6 heteroatoms. The number of rotatable bonds is 4. The van der Waals surface area contributed by atoms with E-state index in [1.807, 2.05) is 18.2 Å². The van der Waals surface area contributed by atoms with Gasteiger partial charge in [-0.3, -0.25) is 4.98 Å². The van der Waals surface area contributed by atoms with Gasteiger partial charge in [-0.05, 0) is 60.9 Å². The number of nitrogens with zero attached hydrogens (tertiary/aromatic N) is 1. The third kappa shape index (κ3) is 3.55. The molecule has 152 valence electrons. The topological polar surface area (TPSA) is 64.2 Å². The van der Waals surface area contributed by atoms with E-state index < -0.39 is 12.1 Å². The number of halogens is 1. The molecule has 0 bridgehead atoms. The first-order valence-corrected chi connectivity index (χ1v) is 10.1. The molecule has 1 fully saturated rings. The summed E-state index contributed by atoms with van der Waals surface area (Å²) in [5.74, 6) is -0.577. The molecule has 2 aromatic heterocycles. The van der Waals surface area contributed by atoms with Gasteiger partial charge in [-0.15, -0.1) is 0 Å².